The van der Waals surface area contributed by atoms with Crippen molar-refractivity contribution < 1.29 is 18.7 Å². The van der Waals surface area contributed by atoms with Crippen molar-refractivity contribution in [3.63, 3.8) is 0 Å². The van der Waals surface area contributed by atoms with Gasteiger partial charge in [-0.1, -0.05) is 29.8 Å². The second-order valence-electron chi connectivity index (χ2n) is 4.45. The molecule has 1 rings (SSSR count). The molecule has 1 aromatic heterocycles. The molecule has 0 unspecified atom stereocenters. The first-order chi connectivity index (χ1) is 9.01. The molecule has 1 amide bonds. The third-order valence-corrected chi connectivity index (χ3v) is 3.23. The number of methoxy groups -OCH3 is 1. The second kappa shape index (κ2) is 7.33. The van der Waals surface area contributed by atoms with E-state index in [0.717, 1.165) is 0 Å². The Labute approximate surface area is 121 Å². The van der Waals surface area contributed by atoms with Gasteiger partial charge in [-0.2, -0.15) is 0 Å². The molecule has 106 valence electrons. The molecule has 0 aromatic carbocycles. The average molecular weight is 332 g/mol. The summed E-state index contributed by atoms with van der Waals surface area (Å²) >= 11 is 3.13. The maximum atomic E-state index is 12.0. The van der Waals surface area contributed by atoms with E-state index in [1.54, 1.807) is 12.1 Å². The Morgan fingerprint density at radius 2 is 2.16 bits per heavy atom. The first-order valence-electron chi connectivity index (χ1n) is 5.96. The number of furan rings is 1. The van der Waals surface area contributed by atoms with Gasteiger partial charge in [-0.25, -0.2) is 4.79 Å². The van der Waals surface area contributed by atoms with Crippen molar-refractivity contribution in [2.75, 3.05) is 12.4 Å². The number of ether oxygens (including phenoxy) is 1. The van der Waals surface area contributed by atoms with Gasteiger partial charge in [-0.3, -0.25) is 4.79 Å². The molecule has 1 heterocycles. The molecule has 0 aliphatic heterocycles. The average Bonchev–Trinajstić information content (AvgIpc) is 2.89. The van der Waals surface area contributed by atoms with Crippen LogP contribution in [-0.4, -0.2) is 35.3 Å². The molecule has 0 spiro atoms. The van der Waals surface area contributed by atoms with Crippen LogP contribution in [-0.2, 0) is 20.9 Å². The summed E-state index contributed by atoms with van der Waals surface area (Å²) in [4.78, 5) is 25.4. The van der Waals surface area contributed by atoms with Crippen molar-refractivity contribution in [3.8, 4) is 0 Å². The standard InChI is InChI=1S/C13H18BrNO4/c1-9(2)12(13(17)18-3)15(11(16)7-14)8-10-5-4-6-19-10/h4-6,9,12H,7-8H2,1-3H3/t12-/m0/s1. The normalized spacial score (nSPS) is 12.3. The zero-order valence-corrected chi connectivity index (χ0v) is 12.8. The van der Waals surface area contributed by atoms with Crippen LogP contribution in [0.3, 0.4) is 0 Å². The van der Waals surface area contributed by atoms with Crippen LogP contribution in [0.25, 0.3) is 0 Å². The Balaban J connectivity index is 2.99. The summed E-state index contributed by atoms with van der Waals surface area (Å²) < 4.78 is 10.0. The molecular formula is C13H18BrNO4. The predicted molar refractivity (Wildman–Crippen MR) is 73.7 cm³/mol. The fourth-order valence-corrected chi connectivity index (χ4v) is 2.19. The van der Waals surface area contributed by atoms with Gasteiger partial charge in [0.05, 0.1) is 25.2 Å². The molecule has 0 aliphatic rings. The first-order valence-corrected chi connectivity index (χ1v) is 7.09. The lowest BCUT2D eigenvalue weighted by Gasteiger charge is -2.31. The minimum absolute atomic E-state index is 0.0505. The largest absolute Gasteiger partial charge is 0.467 e. The SMILES string of the molecule is COC(=O)[C@H](C(C)C)N(Cc1ccco1)C(=O)CBr. The quantitative estimate of drug-likeness (QED) is 0.592. The number of hydrogen-bond donors (Lipinski definition) is 0. The summed E-state index contributed by atoms with van der Waals surface area (Å²) in [5.41, 5.74) is 0. The van der Waals surface area contributed by atoms with Crippen LogP contribution >= 0.6 is 15.9 Å². The monoisotopic (exact) mass is 331 g/mol. The van der Waals surface area contributed by atoms with Crippen LogP contribution in [0.15, 0.2) is 22.8 Å². The van der Waals surface area contributed by atoms with Crippen LogP contribution < -0.4 is 0 Å². The number of esters is 1. The fourth-order valence-electron chi connectivity index (χ4n) is 1.87. The lowest BCUT2D eigenvalue weighted by atomic mass is 10.0. The number of rotatable bonds is 6. The molecule has 0 aliphatic carbocycles. The molecule has 0 saturated heterocycles. The molecule has 1 atom stereocenters. The van der Waals surface area contributed by atoms with Gasteiger partial charge in [-0.05, 0) is 18.1 Å². The number of carbonyl (C=O) groups is 2. The van der Waals surface area contributed by atoms with E-state index in [9.17, 15) is 9.59 Å². The highest BCUT2D eigenvalue weighted by atomic mass is 79.9. The number of nitrogens with zero attached hydrogens (tertiary/aromatic N) is 1. The molecule has 1 aromatic rings. The molecule has 0 fully saturated rings. The number of hydrogen-bond acceptors (Lipinski definition) is 4. The van der Waals surface area contributed by atoms with Crippen LogP contribution in [0.4, 0.5) is 0 Å². The van der Waals surface area contributed by atoms with Crippen LogP contribution in [0.5, 0.6) is 0 Å². The molecular weight excluding hydrogens is 314 g/mol. The van der Waals surface area contributed by atoms with Crippen LogP contribution in [0, 0.1) is 5.92 Å². The molecule has 6 heteroatoms. The highest BCUT2D eigenvalue weighted by Crippen LogP contribution is 2.17. The topological polar surface area (TPSA) is 59.8 Å². The number of carbonyl (C=O) groups excluding carboxylic acids is 2. The van der Waals surface area contributed by atoms with E-state index in [-0.39, 0.29) is 23.7 Å². The Kier molecular flexibility index (Phi) is 6.08. The maximum absolute atomic E-state index is 12.0. The van der Waals surface area contributed by atoms with Gasteiger partial charge in [0.25, 0.3) is 0 Å². The van der Waals surface area contributed by atoms with Gasteiger partial charge in [-0.15, -0.1) is 0 Å². The lowest BCUT2D eigenvalue weighted by molar-refractivity contribution is -0.154. The second-order valence-corrected chi connectivity index (χ2v) is 5.01. The lowest BCUT2D eigenvalue weighted by Crippen LogP contribution is -2.48. The highest BCUT2D eigenvalue weighted by Gasteiger charge is 2.33. The molecule has 0 N–H and O–H groups in total. The number of amides is 1. The molecule has 19 heavy (non-hydrogen) atoms. The Bertz CT molecular complexity index is 416. The predicted octanol–water partition coefficient (Wildman–Crippen LogP) is 2.20. The van der Waals surface area contributed by atoms with Crippen LogP contribution in [0.1, 0.15) is 19.6 Å². The van der Waals surface area contributed by atoms with Gasteiger partial charge in [0.1, 0.15) is 11.8 Å². The summed E-state index contributed by atoms with van der Waals surface area (Å²) in [6, 6.07) is 2.89. The summed E-state index contributed by atoms with van der Waals surface area (Å²) in [6.45, 7) is 3.99. The van der Waals surface area contributed by atoms with E-state index in [1.165, 1.54) is 18.3 Å². The Morgan fingerprint density at radius 1 is 1.47 bits per heavy atom. The van der Waals surface area contributed by atoms with E-state index < -0.39 is 12.0 Å². The van der Waals surface area contributed by atoms with Gasteiger partial charge in [0, 0.05) is 0 Å². The molecule has 0 bridgehead atoms. The number of alkyl halides is 1. The first kappa shape index (κ1) is 15.8. The minimum atomic E-state index is -0.625. The third-order valence-electron chi connectivity index (χ3n) is 2.75. The molecule has 0 saturated carbocycles. The zero-order chi connectivity index (χ0) is 14.4. The zero-order valence-electron chi connectivity index (χ0n) is 11.3. The van der Waals surface area contributed by atoms with Crippen molar-refractivity contribution in [1.82, 2.24) is 4.90 Å². The van der Waals surface area contributed by atoms with Gasteiger partial charge in [0.2, 0.25) is 5.91 Å². The summed E-state index contributed by atoms with van der Waals surface area (Å²) in [7, 11) is 1.32. The maximum Gasteiger partial charge on any atom is 0.328 e. The fraction of sp³-hybridized carbons (Fsp3) is 0.538. The Hall–Kier alpha value is -1.30. The van der Waals surface area contributed by atoms with Crippen molar-refractivity contribution in [3.05, 3.63) is 24.2 Å². The minimum Gasteiger partial charge on any atom is -0.467 e. The number of halogens is 1. The van der Waals surface area contributed by atoms with E-state index in [0.29, 0.717) is 5.76 Å². The third kappa shape index (κ3) is 4.09. The summed E-state index contributed by atoms with van der Waals surface area (Å²) in [5, 5.41) is 0.147. The van der Waals surface area contributed by atoms with Gasteiger partial charge < -0.3 is 14.1 Å². The summed E-state index contributed by atoms with van der Waals surface area (Å²) in [5.74, 6) is -0.0226. The van der Waals surface area contributed by atoms with Gasteiger partial charge in [0.15, 0.2) is 0 Å². The van der Waals surface area contributed by atoms with E-state index >= 15 is 0 Å². The Morgan fingerprint density at radius 3 is 2.58 bits per heavy atom. The van der Waals surface area contributed by atoms with Crippen molar-refractivity contribution in [2.24, 2.45) is 5.92 Å². The van der Waals surface area contributed by atoms with Crippen LogP contribution in [0.2, 0.25) is 0 Å². The molecule has 5 nitrogen and oxygen atoms in total. The van der Waals surface area contributed by atoms with Crippen molar-refractivity contribution in [2.45, 2.75) is 26.4 Å². The highest BCUT2D eigenvalue weighted by molar-refractivity contribution is 9.09. The smallest absolute Gasteiger partial charge is 0.328 e. The van der Waals surface area contributed by atoms with Gasteiger partial charge >= 0.3 is 5.97 Å². The van der Waals surface area contributed by atoms with E-state index in [2.05, 4.69) is 15.9 Å². The van der Waals surface area contributed by atoms with E-state index in [4.69, 9.17) is 9.15 Å². The van der Waals surface area contributed by atoms with E-state index in [1.807, 2.05) is 13.8 Å². The van der Waals surface area contributed by atoms with Crippen molar-refractivity contribution >= 4 is 27.8 Å². The summed E-state index contributed by atoms with van der Waals surface area (Å²) in [6.07, 6.45) is 1.54. The van der Waals surface area contributed by atoms with Crippen molar-refractivity contribution in [1.29, 1.82) is 0 Å². The molecule has 0 radical (unpaired) electrons.